The lowest BCUT2D eigenvalue weighted by Crippen LogP contribution is -2.40. The first-order valence-electron chi connectivity index (χ1n) is 9.57. The fourth-order valence-corrected chi connectivity index (χ4v) is 2.97. The fourth-order valence-electron chi connectivity index (χ4n) is 2.97. The summed E-state index contributed by atoms with van der Waals surface area (Å²) in [5.74, 6) is 0.171. The summed E-state index contributed by atoms with van der Waals surface area (Å²) < 4.78 is 40.4. The Morgan fingerprint density at radius 2 is 1.62 bits per heavy atom. The molecule has 0 saturated carbocycles. The molecule has 0 bridgehead atoms. The average molecular weight is 446 g/mol. The van der Waals surface area contributed by atoms with Crippen LogP contribution in [0.1, 0.15) is 22.3 Å². The van der Waals surface area contributed by atoms with Crippen LogP contribution in [0.5, 0.6) is 0 Å². The largest absolute Gasteiger partial charge is 0.416 e. The molecule has 0 fully saturated rings. The highest BCUT2D eigenvalue weighted by Gasteiger charge is 2.29. The van der Waals surface area contributed by atoms with E-state index in [1.165, 1.54) is 37.0 Å². The van der Waals surface area contributed by atoms with Crippen LogP contribution in [0.25, 0.3) is 0 Å². The highest BCUT2D eigenvalue weighted by molar-refractivity contribution is 5.85. The highest BCUT2D eigenvalue weighted by Crippen LogP contribution is 2.29. The van der Waals surface area contributed by atoms with Crippen LogP contribution in [0.4, 0.5) is 19.0 Å². The van der Waals surface area contributed by atoms with Crippen molar-refractivity contribution >= 4 is 12.0 Å². The van der Waals surface area contributed by atoms with Crippen LogP contribution in [0.3, 0.4) is 0 Å². The van der Waals surface area contributed by atoms with Crippen LogP contribution in [0, 0.1) is 0 Å². The van der Waals surface area contributed by atoms with Crippen LogP contribution in [0.2, 0.25) is 0 Å². The van der Waals surface area contributed by atoms with Gasteiger partial charge in [-0.3, -0.25) is 13.9 Å². The third-order valence-electron chi connectivity index (χ3n) is 4.77. The van der Waals surface area contributed by atoms with Crippen molar-refractivity contribution in [2.45, 2.75) is 19.3 Å². The Labute approximate surface area is 181 Å². The van der Waals surface area contributed by atoms with Gasteiger partial charge < -0.3 is 10.2 Å². The molecular weight excluding hydrogens is 425 g/mol. The van der Waals surface area contributed by atoms with E-state index in [2.05, 4.69) is 10.5 Å². The number of anilines is 1. The van der Waals surface area contributed by atoms with E-state index >= 15 is 0 Å². The summed E-state index contributed by atoms with van der Waals surface area (Å²) in [4.78, 5) is 30.2. The predicted molar refractivity (Wildman–Crippen MR) is 115 cm³/mol. The van der Waals surface area contributed by atoms with Crippen LogP contribution >= 0.6 is 0 Å². The van der Waals surface area contributed by atoms with Gasteiger partial charge in [0.2, 0.25) is 0 Å². The van der Waals surface area contributed by atoms with Gasteiger partial charge in [-0.15, -0.1) is 0 Å². The maximum absolute atomic E-state index is 12.7. The first-order valence-corrected chi connectivity index (χ1v) is 9.57. The summed E-state index contributed by atoms with van der Waals surface area (Å²) in [5, 5.41) is 6.79. The number of rotatable bonds is 7. The van der Waals surface area contributed by atoms with Gasteiger partial charge in [0.15, 0.2) is 0 Å². The quantitative estimate of drug-likeness (QED) is 0.447. The van der Waals surface area contributed by atoms with Crippen LogP contribution in [-0.4, -0.2) is 15.3 Å². The van der Waals surface area contributed by atoms with E-state index in [-0.39, 0.29) is 24.5 Å². The van der Waals surface area contributed by atoms with E-state index in [4.69, 9.17) is 4.84 Å². The fraction of sp³-hybridized carbons (Fsp3) is 0.227. The van der Waals surface area contributed by atoms with Gasteiger partial charge in [-0.2, -0.15) is 13.2 Å². The Hall–Kier alpha value is -3.82. The number of nitrogens with zero attached hydrogens (tertiary/aromatic N) is 3. The van der Waals surface area contributed by atoms with Gasteiger partial charge in [0, 0.05) is 20.6 Å². The van der Waals surface area contributed by atoms with Gasteiger partial charge in [0.05, 0.1) is 11.8 Å². The summed E-state index contributed by atoms with van der Waals surface area (Å²) >= 11 is 0. The maximum Gasteiger partial charge on any atom is 0.416 e. The summed E-state index contributed by atoms with van der Waals surface area (Å²) in [5.41, 5.74) is -0.407. The number of aromatic nitrogens is 2. The Kier molecular flexibility index (Phi) is 6.82. The van der Waals surface area contributed by atoms with E-state index in [1.807, 2.05) is 30.3 Å². The van der Waals surface area contributed by atoms with E-state index < -0.39 is 23.0 Å². The third-order valence-corrected chi connectivity index (χ3v) is 4.77. The summed E-state index contributed by atoms with van der Waals surface area (Å²) in [6.07, 6.45) is -3.22. The molecule has 168 valence electrons. The van der Waals surface area contributed by atoms with Gasteiger partial charge in [0.1, 0.15) is 18.0 Å². The average Bonchev–Trinajstić information content (AvgIpc) is 2.78. The third kappa shape index (κ3) is 5.26. The van der Waals surface area contributed by atoms with Gasteiger partial charge in [0.25, 0.3) is 5.56 Å². The lowest BCUT2D eigenvalue weighted by Gasteiger charge is -2.15. The van der Waals surface area contributed by atoms with Crippen molar-refractivity contribution in [1.29, 1.82) is 0 Å². The Bertz CT molecular complexity index is 1210. The second kappa shape index (κ2) is 9.54. The molecule has 3 rings (SSSR count). The van der Waals surface area contributed by atoms with Gasteiger partial charge >= 0.3 is 11.9 Å². The van der Waals surface area contributed by atoms with Crippen LogP contribution in [-0.2, 0) is 38.3 Å². The van der Waals surface area contributed by atoms with Crippen molar-refractivity contribution in [3.63, 3.8) is 0 Å². The Morgan fingerprint density at radius 1 is 0.969 bits per heavy atom. The van der Waals surface area contributed by atoms with E-state index in [9.17, 15) is 22.8 Å². The predicted octanol–water partition coefficient (Wildman–Crippen LogP) is 3.27. The second-order valence-electron chi connectivity index (χ2n) is 7.01. The highest BCUT2D eigenvalue weighted by atomic mass is 19.4. The topological polar surface area (TPSA) is 77.6 Å². The summed E-state index contributed by atoms with van der Waals surface area (Å²) in [6, 6.07) is 13.9. The molecule has 1 heterocycles. The van der Waals surface area contributed by atoms with Crippen molar-refractivity contribution in [1.82, 2.24) is 9.13 Å². The van der Waals surface area contributed by atoms with Crippen LogP contribution in [0.15, 0.2) is 69.3 Å². The molecular formula is C22H21F3N4O3. The number of hydrogen-bond acceptors (Lipinski definition) is 5. The van der Waals surface area contributed by atoms with Crippen molar-refractivity contribution in [3.8, 4) is 0 Å². The van der Waals surface area contributed by atoms with E-state index in [0.29, 0.717) is 5.56 Å². The number of oxime groups is 1. The van der Waals surface area contributed by atoms with Gasteiger partial charge in [-0.25, -0.2) is 4.79 Å². The molecule has 1 aromatic heterocycles. The number of benzene rings is 2. The number of alkyl halides is 3. The number of hydrogen-bond donors (Lipinski definition) is 1. The first-order chi connectivity index (χ1) is 15.2. The van der Waals surface area contributed by atoms with Crippen molar-refractivity contribution in [2.24, 2.45) is 19.3 Å². The standard InChI is InChI=1S/C22H21F3N4O3/c1-28-19(26-12-15-8-10-17(11-9-15)22(23,24)25)18(20(30)29(2)21(28)31)13-27-32-14-16-6-4-3-5-7-16/h3-11,13,26H,12,14H2,1-2H3. The lowest BCUT2D eigenvalue weighted by molar-refractivity contribution is -0.137. The summed E-state index contributed by atoms with van der Waals surface area (Å²) in [6.45, 7) is 0.280. The molecule has 0 radical (unpaired) electrons. The molecule has 32 heavy (non-hydrogen) atoms. The molecule has 10 heteroatoms. The molecule has 0 saturated heterocycles. The minimum absolute atomic E-state index is 0.0783. The number of halogens is 3. The molecule has 0 unspecified atom stereocenters. The maximum atomic E-state index is 12.7. The zero-order valence-electron chi connectivity index (χ0n) is 17.4. The zero-order valence-corrected chi connectivity index (χ0v) is 17.4. The second-order valence-corrected chi connectivity index (χ2v) is 7.01. The normalized spacial score (nSPS) is 11.7. The molecule has 7 nitrogen and oxygen atoms in total. The molecule has 0 amide bonds. The Balaban J connectivity index is 1.82. The monoisotopic (exact) mass is 446 g/mol. The smallest absolute Gasteiger partial charge is 0.391 e. The van der Waals surface area contributed by atoms with E-state index in [1.54, 1.807) is 0 Å². The minimum Gasteiger partial charge on any atom is -0.391 e. The zero-order chi connectivity index (χ0) is 23.3. The van der Waals surface area contributed by atoms with Crippen LogP contribution < -0.4 is 16.6 Å². The van der Waals surface area contributed by atoms with Gasteiger partial charge in [-0.1, -0.05) is 47.6 Å². The SMILES string of the molecule is Cn1c(NCc2ccc(C(F)(F)F)cc2)c(C=NOCc2ccccc2)c(=O)n(C)c1=O. The molecule has 1 N–H and O–H groups in total. The molecule has 0 spiro atoms. The summed E-state index contributed by atoms with van der Waals surface area (Å²) in [7, 11) is 2.81. The van der Waals surface area contributed by atoms with Gasteiger partial charge in [-0.05, 0) is 23.3 Å². The Morgan fingerprint density at radius 3 is 2.25 bits per heavy atom. The van der Waals surface area contributed by atoms with Crippen molar-refractivity contribution in [2.75, 3.05) is 5.32 Å². The molecule has 0 aliphatic rings. The van der Waals surface area contributed by atoms with Crippen molar-refractivity contribution < 1.29 is 18.0 Å². The van der Waals surface area contributed by atoms with E-state index in [0.717, 1.165) is 22.3 Å². The molecule has 0 atom stereocenters. The molecule has 2 aromatic carbocycles. The van der Waals surface area contributed by atoms with Crippen molar-refractivity contribution in [3.05, 3.63) is 97.7 Å². The first kappa shape index (κ1) is 22.9. The minimum atomic E-state index is -4.43. The molecule has 0 aliphatic heterocycles. The lowest BCUT2D eigenvalue weighted by atomic mass is 10.1. The number of nitrogens with one attached hydrogen (secondary N) is 1. The molecule has 3 aromatic rings. The molecule has 0 aliphatic carbocycles.